The number of fused-ring (bicyclic) bond motifs is 1. The largest absolute Gasteiger partial charge is 0.372 e. The van der Waals surface area contributed by atoms with E-state index >= 15 is 0 Å². The first-order valence-corrected chi connectivity index (χ1v) is 11.7. The fourth-order valence-corrected chi connectivity index (χ4v) is 4.45. The van der Waals surface area contributed by atoms with Gasteiger partial charge >= 0.3 is 5.69 Å². The Morgan fingerprint density at radius 1 is 0.706 bits per heavy atom. The van der Waals surface area contributed by atoms with E-state index < -0.39 is 0 Å². The van der Waals surface area contributed by atoms with Gasteiger partial charge in [-0.15, -0.1) is 0 Å². The Bertz CT molecular complexity index is 1500. The molecule has 0 radical (unpaired) electrons. The third kappa shape index (κ3) is 5.10. The van der Waals surface area contributed by atoms with Crippen LogP contribution in [0.15, 0.2) is 95.8 Å². The van der Waals surface area contributed by atoms with Crippen molar-refractivity contribution in [1.29, 1.82) is 0 Å². The smallest absolute Gasteiger partial charge is 0.326 e. The second kappa shape index (κ2) is 9.90. The summed E-state index contributed by atoms with van der Waals surface area (Å²) in [5.41, 5.74) is 6.76. The van der Waals surface area contributed by atoms with E-state index in [0.29, 0.717) is 29.8 Å². The summed E-state index contributed by atoms with van der Waals surface area (Å²) in [6, 6.07) is 29.5. The van der Waals surface area contributed by atoms with Gasteiger partial charge < -0.3 is 9.72 Å². The number of benzene rings is 4. The van der Waals surface area contributed by atoms with E-state index in [0.717, 1.165) is 38.9 Å². The third-order valence-corrected chi connectivity index (χ3v) is 6.19. The van der Waals surface area contributed by atoms with Crippen molar-refractivity contribution in [2.45, 2.75) is 19.8 Å². The van der Waals surface area contributed by atoms with Crippen LogP contribution in [0.3, 0.4) is 0 Å². The topological polar surface area (TPSA) is 47.0 Å². The third-order valence-electron chi connectivity index (χ3n) is 5.72. The normalized spacial score (nSPS) is 11.2. The average molecular weight is 489 g/mol. The second-order valence-corrected chi connectivity index (χ2v) is 9.07. The Morgan fingerprint density at radius 2 is 1.35 bits per heavy atom. The molecule has 0 saturated heterocycles. The van der Waals surface area contributed by atoms with Crippen molar-refractivity contribution in [3.63, 3.8) is 0 Å². The van der Waals surface area contributed by atoms with Crippen LogP contribution in [0, 0.1) is 0 Å². The van der Waals surface area contributed by atoms with Crippen molar-refractivity contribution >= 4 is 34.2 Å². The van der Waals surface area contributed by atoms with E-state index in [1.54, 1.807) is 4.57 Å². The van der Waals surface area contributed by atoms with Crippen molar-refractivity contribution in [3.8, 4) is 11.1 Å². The molecule has 4 aromatic carbocycles. The molecule has 0 spiro atoms. The van der Waals surface area contributed by atoms with Gasteiger partial charge in [0.05, 0.1) is 30.8 Å². The van der Waals surface area contributed by atoms with Gasteiger partial charge in [0.15, 0.2) is 0 Å². The molecule has 5 aromatic rings. The Labute approximate surface area is 207 Å². The first-order chi connectivity index (χ1) is 16.5. The van der Waals surface area contributed by atoms with Gasteiger partial charge in [-0.1, -0.05) is 77.8 Å². The summed E-state index contributed by atoms with van der Waals surface area (Å²) in [5.74, 6) is 0. The molecule has 0 amide bonds. The van der Waals surface area contributed by atoms with Crippen LogP contribution in [-0.2, 0) is 24.5 Å². The summed E-state index contributed by atoms with van der Waals surface area (Å²) >= 11 is 12.1. The molecule has 5 rings (SSSR count). The number of nitrogens with one attached hydrogen (secondary N) is 1. The van der Waals surface area contributed by atoms with Crippen LogP contribution in [0.25, 0.3) is 22.2 Å². The van der Waals surface area contributed by atoms with Gasteiger partial charge in [-0.3, -0.25) is 4.57 Å². The standard InChI is InChI=1S/C28H22Cl2N2O2/c29-24-5-1-3-20(13-24)16-32-27-12-11-23(15-26(27)31-28(32)33)22-9-7-19(8-10-22)17-34-18-21-4-2-6-25(30)14-21/h1-15H,16-18H2,(H,31,33). The van der Waals surface area contributed by atoms with E-state index in [-0.39, 0.29) is 5.69 Å². The fraction of sp³-hybridized carbons (Fsp3) is 0.107. The van der Waals surface area contributed by atoms with Crippen molar-refractivity contribution in [3.05, 3.63) is 128 Å². The maximum absolute atomic E-state index is 12.6. The van der Waals surface area contributed by atoms with Crippen molar-refractivity contribution < 1.29 is 4.74 Å². The van der Waals surface area contributed by atoms with E-state index in [9.17, 15) is 4.79 Å². The number of hydrogen-bond donors (Lipinski definition) is 1. The zero-order chi connectivity index (χ0) is 23.5. The Kier molecular flexibility index (Phi) is 6.54. The van der Waals surface area contributed by atoms with Crippen LogP contribution in [-0.4, -0.2) is 9.55 Å². The molecular weight excluding hydrogens is 467 g/mol. The van der Waals surface area contributed by atoms with Crippen molar-refractivity contribution in [1.82, 2.24) is 9.55 Å². The maximum atomic E-state index is 12.6. The quantitative estimate of drug-likeness (QED) is 0.266. The number of H-pyrrole nitrogens is 1. The molecular formula is C28H22Cl2N2O2. The van der Waals surface area contributed by atoms with E-state index in [1.165, 1.54) is 0 Å². The van der Waals surface area contributed by atoms with E-state index in [1.807, 2.05) is 66.7 Å². The highest BCUT2D eigenvalue weighted by Crippen LogP contribution is 2.24. The monoisotopic (exact) mass is 488 g/mol. The predicted molar refractivity (Wildman–Crippen MR) is 138 cm³/mol. The molecule has 6 heteroatoms. The van der Waals surface area contributed by atoms with Crippen LogP contribution in [0.4, 0.5) is 0 Å². The van der Waals surface area contributed by atoms with Crippen LogP contribution < -0.4 is 5.69 Å². The summed E-state index contributed by atoms with van der Waals surface area (Å²) in [4.78, 5) is 15.6. The zero-order valence-electron chi connectivity index (χ0n) is 18.3. The molecule has 1 heterocycles. The number of hydrogen-bond acceptors (Lipinski definition) is 2. The minimum Gasteiger partial charge on any atom is -0.372 e. The Hall–Kier alpha value is -3.31. The van der Waals surface area contributed by atoms with Gasteiger partial charge in [0.1, 0.15) is 0 Å². The van der Waals surface area contributed by atoms with E-state index in [2.05, 4.69) is 29.2 Å². The molecule has 34 heavy (non-hydrogen) atoms. The van der Waals surface area contributed by atoms with Crippen LogP contribution >= 0.6 is 23.2 Å². The Balaban J connectivity index is 1.30. The molecule has 0 aliphatic heterocycles. The van der Waals surface area contributed by atoms with Crippen molar-refractivity contribution in [2.24, 2.45) is 0 Å². The number of aromatic nitrogens is 2. The van der Waals surface area contributed by atoms with Gasteiger partial charge in [-0.2, -0.15) is 0 Å². The first kappa shape index (κ1) is 22.5. The minimum absolute atomic E-state index is 0.140. The summed E-state index contributed by atoms with van der Waals surface area (Å²) in [5, 5.41) is 1.37. The molecule has 0 saturated carbocycles. The summed E-state index contributed by atoms with van der Waals surface area (Å²) in [6.07, 6.45) is 0. The van der Waals surface area contributed by atoms with Gasteiger partial charge in [-0.25, -0.2) is 4.79 Å². The first-order valence-electron chi connectivity index (χ1n) is 10.9. The fourth-order valence-electron chi connectivity index (χ4n) is 4.02. The molecule has 0 atom stereocenters. The van der Waals surface area contributed by atoms with Crippen molar-refractivity contribution in [2.75, 3.05) is 0 Å². The lowest BCUT2D eigenvalue weighted by molar-refractivity contribution is 0.107. The lowest BCUT2D eigenvalue weighted by Gasteiger charge is -2.08. The van der Waals surface area contributed by atoms with Gasteiger partial charge in [0.25, 0.3) is 0 Å². The summed E-state index contributed by atoms with van der Waals surface area (Å²) in [6.45, 7) is 1.49. The lowest BCUT2D eigenvalue weighted by atomic mass is 10.0. The number of halogens is 2. The molecule has 0 unspecified atom stereocenters. The van der Waals surface area contributed by atoms with Crippen LogP contribution in [0.1, 0.15) is 16.7 Å². The molecule has 4 nitrogen and oxygen atoms in total. The predicted octanol–water partition coefficient (Wildman–Crippen LogP) is 7.07. The number of aromatic amines is 1. The van der Waals surface area contributed by atoms with Gasteiger partial charge in [0.2, 0.25) is 0 Å². The minimum atomic E-state index is -0.140. The number of nitrogens with zero attached hydrogens (tertiary/aromatic N) is 1. The van der Waals surface area contributed by atoms with Gasteiger partial charge in [0, 0.05) is 10.0 Å². The molecule has 1 N–H and O–H groups in total. The maximum Gasteiger partial charge on any atom is 0.326 e. The zero-order valence-corrected chi connectivity index (χ0v) is 19.8. The molecule has 1 aromatic heterocycles. The highest BCUT2D eigenvalue weighted by Gasteiger charge is 2.09. The summed E-state index contributed by atoms with van der Waals surface area (Å²) in [7, 11) is 0. The highest BCUT2D eigenvalue weighted by atomic mass is 35.5. The molecule has 0 fully saturated rings. The van der Waals surface area contributed by atoms with Gasteiger partial charge in [-0.05, 0) is 64.2 Å². The summed E-state index contributed by atoms with van der Waals surface area (Å²) < 4.78 is 7.55. The molecule has 170 valence electrons. The van der Waals surface area contributed by atoms with E-state index in [4.69, 9.17) is 27.9 Å². The van der Waals surface area contributed by atoms with Crippen LogP contribution in [0.5, 0.6) is 0 Å². The SMILES string of the molecule is O=c1[nH]c2cc(-c3ccc(COCc4cccc(Cl)c4)cc3)ccc2n1Cc1cccc(Cl)c1. The molecule has 0 aliphatic rings. The number of ether oxygens (including phenoxy) is 1. The van der Waals surface area contributed by atoms with Crippen LogP contribution in [0.2, 0.25) is 10.0 Å². The molecule has 0 bridgehead atoms. The highest BCUT2D eigenvalue weighted by molar-refractivity contribution is 6.30. The lowest BCUT2D eigenvalue weighted by Crippen LogP contribution is -2.17. The number of rotatable bonds is 7. The second-order valence-electron chi connectivity index (χ2n) is 8.20. The Morgan fingerprint density at radius 3 is 2.09 bits per heavy atom. The molecule has 0 aliphatic carbocycles. The number of imidazole rings is 1. The average Bonchev–Trinajstić information content (AvgIpc) is 3.14.